The summed E-state index contributed by atoms with van der Waals surface area (Å²) in [6, 6.07) is 6.41. The predicted octanol–water partition coefficient (Wildman–Crippen LogP) is 2.59. The molecule has 0 N–H and O–H groups in total. The molecule has 1 aromatic rings. The lowest BCUT2D eigenvalue weighted by Gasteiger charge is -2.07. The van der Waals surface area contributed by atoms with Gasteiger partial charge in [0.2, 0.25) is 0 Å². The molecule has 1 aliphatic carbocycles. The van der Waals surface area contributed by atoms with Crippen molar-refractivity contribution >= 4 is 6.29 Å². The number of halogens is 1. The number of hydrogen-bond donors (Lipinski definition) is 0. The Morgan fingerprint density at radius 2 is 2.00 bits per heavy atom. The summed E-state index contributed by atoms with van der Waals surface area (Å²) in [7, 11) is 0. The van der Waals surface area contributed by atoms with Gasteiger partial charge in [-0.25, -0.2) is 4.39 Å². The fraction of sp³-hybridized carbons (Fsp3) is 0.417. The zero-order valence-electron chi connectivity index (χ0n) is 7.95. The van der Waals surface area contributed by atoms with Crippen molar-refractivity contribution in [2.24, 2.45) is 11.8 Å². The highest BCUT2D eigenvalue weighted by Gasteiger charge is 2.30. The molecule has 0 aromatic heterocycles. The minimum absolute atomic E-state index is 0.139. The van der Waals surface area contributed by atoms with Crippen LogP contribution in [0.15, 0.2) is 24.3 Å². The van der Waals surface area contributed by atoms with Crippen molar-refractivity contribution in [1.82, 2.24) is 0 Å². The summed E-state index contributed by atoms with van der Waals surface area (Å²) in [5, 5.41) is 0. The standard InChI is InChI=1S/C12H13FO/c13-12-5-1-9(2-6-12)7-11(8-14)10-3-4-10/h1-2,5-6,8,10-11H,3-4,7H2. The van der Waals surface area contributed by atoms with Crippen molar-refractivity contribution in [1.29, 1.82) is 0 Å². The van der Waals surface area contributed by atoms with E-state index in [-0.39, 0.29) is 11.7 Å². The van der Waals surface area contributed by atoms with Crippen LogP contribution in [0.4, 0.5) is 4.39 Å². The Bertz CT molecular complexity index is 314. The van der Waals surface area contributed by atoms with E-state index in [0.717, 1.165) is 18.3 Å². The third-order valence-electron chi connectivity index (χ3n) is 2.79. The molecule has 0 heterocycles. The van der Waals surface area contributed by atoms with Crippen molar-refractivity contribution in [3.63, 3.8) is 0 Å². The largest absolute Gasteiger partial charge is 0.303 e. The lowest BCUT2D eigenvalue weighted by molar-refractivity contribution is -0.111. The van der Waals surface area contributed by atoms with Gasteiger partial charge in [-0.2, -0.15) is 0 Å². The molecule has 14 heavy (non-hydrogen) atoms. The highest BCUT2D eigenvalue weighted by molar-refractivity contribution is 5.55. The van der Waals surface area contributed by atoms with Crippen LogP contribution in [0.25, 0.3) is 0 Å². The van der Waals surface area contributed by atoms with Gasteiger partial charge in [-0.3, -0.25) is 0 Å². The van der Waals surface area contributed by atoms with Gasteiger partial charge in [-0.05, 0) is 42.9 Å². The van der Waals surface area contributed by atoms with E-state index in [1.165, 1.54) is 25.0 Å². The molecule has 74 valence electrons. The molecular weight excluding hydrogens is 179 g/mol. The lowest BCUT2D eigenvalue weighted by atomic mass is 9.96. The first-order valence-electron chi connectivity index (χ1n) is 4.99. The summed E-state index contributed by atoms with van der Waals surface area (Å²) in [6.45, 7) is 0. The van der Waals surface area contributed by atoms with E-state index in [4.69, 9.17) is 0 Å². The molecule has 2 heteroatoms. The van der Waals surface area contributed by atoms with Crippen LogP contribution in [-0.4, -0.2) is 6.29 Å². The summed E-state index contributed by atoms with van der Waals surface area (Å²) in [6.07, 6.45) is 4.14. The topological polar surface area (TPSA) is 17.1 Å². The van der Waals surface area contributed by atoms with Gasteiger partial charge in [0.25, 0.3) is 0 Å². The van der Waals surface area contributed by atoms with Gasteiger partial charge in [0, 0.05) is 5.92 Å². The molecule has 0 spiro atoms. The maximum atomic E-state index is 12.6. The Labute approximate surface area is 82.9 Å². The monoisotopic (exact) mass is 192 g/mol. The first-order valence-corrected chi connectivity index (χ1v) is 4.99. The Kier molecular flexibility index (Phi) is 2.62. The molecule has 1 unspecified atom stereocenters. The zero-order chi connectivity index (χ0) is 9.97. The van der Waals surface area contributed by atoms with E-state index < -0.39 is 0 Å². The second-order valence-electron chi connectivity index (χ2n) is 3.97. The number of carbonyl (C=O) groups is 1. The first kappa shape index (κ1) is 9.38. The van der Waals surface area contributed by atoms with E-state index in [1.54, 1.807) is 12.1 Å². The molecule has 1 saturated carbocycles. The predicted molar refractivity (Wildman–Crippen MR) is 52.4 cm³/mol. The van der Waals surface area contributed by atoms with Gasteiger partial charge < -0.3 is 4.79 Å². The van der Waals surface area contributed by atoms with Gasteiger partial charge in [0.05, 0.1) is 0 Å². The number of rotatable bonds is 4. The van der Waals surface area contributed by atoms with Crippen LogP contribution in [0.3, 0.4) is 0 Å². The Hall–Kier alpha value is -1.18. The molecule has 1 fully saturated rings. The van der Waals surface area contributed by atoms with Crippen molar-refractivity contribution in [3.05, 3.63) is 35.6 Å². The van der Waals surface area contributed by atoms with Crippen molar-refractivity contribution in [2.75, 3.05) is 0 Å². The van der Waals surface area contributed by atoms with E-state index in [1.807, 2.05) is 0 Å². The number of carbonyl (C=O) groups excluding carboxylic acids is 1. The quantitative estimate of drug-likeness (QED) is 0.670. The molecule has 1 aliphatic rings. The van der Waals surface area contributed by atoms with Gasteiger partial charge in [0.15, 0.2) is 0 Å². The smallest absolute Gasteiger partial charge is 0.123 e. The molecule has 0 radical (unpaired) electrons. The van der Waals surface area contributed by atoms with Gasteiger partial charge in [-0.15, -0.1) is 0 Å². The van der Waals surface area contributed by atoms with Gasteiger partial charge in [-0.1, -0.05) is 12.1 Å². The third kappa shape index (κ3) is 2.19. The second-order valence-corrected chi connectivity index (χ2v) is 3.97. The first-order chi connectivity index (χ1) is 6.79. The summed E-state index contributed by atoms with van der Waals surface area (Å²) in [5.41, 5.74) is 1.05. The van der Waals surface area contributed by atoms with Gasteiger partial charge >= 0.3 is 0 Å². The number of benzene rings is 1. The maximum Gasteiger partial charge on any atom is 0.123 e. The molecule has 0 amide bonds. The lowest BCUT2D eigenvalue weighted by Crippen LogP contribution is -2.08. The Morgan fingerprint density at radius 1 is 1.36 bits per heavy atom. The minimum Gasteiger partial charge on any atom is -0.303 e. The van der Waals surface area contributed by atoms with Crippen LogP contribution >= 0.6 is 0 Å². The average molecular weight is 192 g/mol. The summed E-state index contributed by atoms with van der Waals surface area (Å²) >= 11 is 0. The molecule has 1 atom stereocenters. The molecule has 0 aliphatic heterocycles. The minimum atomic E-state index is -0.220. The fourth-order valence-electron chi connectivity index (χ4n) is 1.74. The van der Waals surface area contributed by atoms with Crippen LogP contribution < -0.4 is 0 Å². The van der Waals surface area contributed by atoms with E-state index >= 15 is 0 Å². The van der Waals surface area contributed by atoms with E-state index in [2.05, 4.69) is 0 Å². The maximum absolute atomic E-state index is 12.6. The molecule has 0 saturated heterocycles. The number of hydrogen-bond acceptors (Lipinski definition) is 1. The van der Waals surface area contributed by atoms with Crippen LogP contribution in [0, 0.1) is 17.7 Å². The van der Waals surface area contributed by atoms with Crippen LogP contribution in [0.1, 0.15) is 18.4 Å². The van der Waals surface area contributed by atoms with Crippen LogP contribution in [-0.2, 0) is 11.2 Å². The van der Waals surface area contributed by atoms with E-state index in [0.29, 0.717) is 5.92 Å². The van der Waals surface area contributed by atoms with Crippen molar-refractivity contribution < 1.29 is 9.18 Å². The third-order valence-corrected chi connectivity index (χ3v) is 2.79. The van der Waals surface area contributed by atoms with E-state index in [9.17, 15) is 9.18 Å². The van der Waals surface area contributed by atoms with Gasteiger partial charge in [0.1, 0.15) is 12.1 Å². The van der Waals surface area contributed by atoms with Crippen LogP contribution in [0.5, 0.6) is 0 Å². The molecule has 2 rings (SSSR count). The SMILES string of the molecule is O=CC(Cc1ccc(F)cc1)C1CC1. The summed E-state index contributed by atoms with van der Waals surface area (Å²) in [4.78, 5) is 10.8. The normalized spacial score (nSPS) is 17.8. The summed E-state index contributed by atoms with van der Waals surface area (Å²) < 4.78 is 12.6. The zero-order valence-corrected chi connectivity index (χ0v) is 7.95. The Balaban J connectivity index is 2.01. The molecule has 1 nitrogen and oxygen atoms in total. The molecular formula is C12H13FO. The summed E-state index contributed by atoms with van der Waals surface area (Å²) in [5.74, 6) is 0.501. The highest BCUT2D eigenvalue weighted by atomic mass is 19.1. The number of aldehydes is 1. The fourth-order valence-corrected chi connectivity index (χ4v) is 1.74. The average Bonchev–Trinajstić information content (AvgIpc) is 3.01. The van der Waals surface area contributed by atoms with Crippen molar-refractivity contribution in [2.45, 2.75) is 19.3 Å². The second kappa shape index (κ2) is 3.91. The molecule has 0 bridgehead atoms. The Morgan fingerprint density at radius 3 is 2.50 bits per heavy atom. The highest BCUT2D eigenvalue weighted by Crippen LogP contribution is 2.37. The van der Waals surface area contributed by atoms with Crippen LogP contribution in [0.2, 0.25) is 0 Å². The molecule has 1 aromatic carbocycles. The van der Waals surface area contributed by atoms with Crippen molar-refractivity contribution in [3.8, 4) is 0 Å².